The second-order valence-electron chi connectivity index (χ2n) is 3.46. The van der Waals surface area contributed by atoms with Crippen molar-refractivity contribution in [2.45, 2.75) is 0 Å². The second kappa shape index (κ2) is 5.69. The molecule has 0 bridgehead atoms. The molecule has 0 N–H and O–H groups in total. The summed E-state index contributed by atoms with van der Waals surface area (Å²) >= 11 is -1.72. The topological polar surface area (TPSA) is 39.4 Å². The molecule has 0 radical (unpaired) electrons. The minimum atomic E-state index is -1.72. The third-order valence-corrected chi connectivity index (χ3v) is 8.07. The van der Waals surface area contributed by atoms with Crippen molar-refractivity contribution in [2.24, 2.45) is 0 Å². The molecule has 1 aromatic carbocycles. The zero-order valence-electron chi connectivity index (χ0n) is 9.27. The first-order valence-corrected chi connectivity index (χ1v) is 14.6. The molecule has 0 saturated heterocycles. The quantitative estimate of drug-likeness (QED) is 0.548. The zero-order valence-corrected chi connectivity index (χ0v) is 15.5. The number of benzene rings is 1. The van der Waals surface area contributed by atoms with E-state index in [0.29, 0.717) is 5.76 Å². The minimum absolute atomic E-state index is 0.267. The van der Waals surface area contributed by atoms with Gasteiger partial charge in [-0.25, -0.2) is 0 Å². The third-order valence-electron chi connectivity index (χ3n) is 2.38. The molecule has 2 aromatic rings. The molecule has 2 rings (SSSR count). The van der Waals surface area contributed by atoms with Gasteiger partial charge in [-0.15, -0.1) is 0 Å². The number of furan rings is 1. The maximum atomic E-state index is 11.5. The van der Waals surface area contributed by atoms with Crippen LogP contribution in [0.25, 0.3) is 11.3 Å². The van der Waals surface area contributed by atoms with Crippen LogP contribution in [0.2, 0.25) is 0 Å². The number of carbonyl (C=O) groups excluding carboxylic acids is 1. The Morgan fingerprint density at radius 2 is 2.06 bits per heavy atom. The predicted molar refractivity (Wildman–Crippen MR) is 61.0 cm³/mol. The van der Waals surface area contributed by atoms with Crippen molar-refractivity contribution in [2.75, 3.05) is 7.11 Å². The van der Waals surface area contributed by atoms with Crippen LogP contribution in [0.3, 0.4) is 0 Å². The van der Waals surface area contributed by atoms with Crippen LogP contribution in [0.15, 0.2) is 40.8 Å². The Balaban J connectivity index is 2.45. The van der Waals surface area contributed by atoms with Gasteiger partial charge in [0.2, 0.25) is 0 Å². The molecular weight excluding hydrogens is 428 g/mol. The van der Waals surface area contributed by atoms with Crippen LogP contribution < -0.4 is 3.07 Å². The van der Waals surface area contributed by atoms with Crippen molar-refractivity contribution in [1.29, 1.82) is 0 Å². The van der Waals surface area contributed by atoms with Gasteiger partial charge in [0.25, 0.3) is 0 Å². The Hall–Kier alpha value is -0.805. The van der Waals surface area contributed by atoms with E-state index in [1.807, 2.05) is 36.4 Å². The van der Waals surface area contributed by atoms with Gasteiger partial charge in [0, 0.05) is 0 Å². The summed E-state index contributed by atoms with van der Waals surface area (Å²) in [5, 5.41) is 0. The maximum absolute atomic E-state index is 11.5. The molecule has 0 aliphatic heterocycles. The molecule has 1 aromatic heterocycles. The van der Waals surface area contributed by atoms with Crippen LogP contribution in [-0.4, -0.2) is 13.1 Å². The van der Waals surface area contributed by atoms with Gasteiger partial charge in [0.1, 0.15) is 0 Å². The number of hydrogen-bond donors (Lipinski definition) is 0. The molecule has 1 heterocycles. The molecule has 0 saturated carbocycles. The van der Waals surface area contributed by atoms with Gasteiger partial charge in [-0.3, -0.25) is 0 Å². The molecule has 5 heteroatoms. The molecule has 3 nitrogen and oxygen atoms in total. The summed E-state index contributed by atoms with van der Waals surface area (Å²) in [5.41, 5.74) is 0.933. The van der Waals surface area contributed by atoms with Crippen molar-refractivity contribution < 1.29 is 37.3 Å². The zero-order chi connectivity index (χ0) is 12.3. The summed E-state index contributed by atoms with van der Waals surface area (Å²) in [6, 6.07) is 11.5. The van der Waals surface area contributed by atoms with E-state index in [9.17, 15) is 4.79 Å². The summed E-state index contributed by atoms with van der Waals surface area (Å²) in [6.07, 6.45) is 0. The molecule has 0 fully saturated rings. The first kappa shape index (κ1) is 12.6. The van der Waals surface area contributed by atoms with Crippen molar-refractivity contribution >= 4 is 17.3 Å². The van der Waals surface area contributed by atoms with Crippen LogP contribution in [0.5, 0.6) is 0 Å². The Kier molecular flexibility index (Phi) is 4.23. The summed E-state index contributed by atoms with van der Waals surface area (Å²) in [5.74, 6) is 0.479. The van der Waals surface area contributed by atoms with Crippen molar-refractivity contribution in [3.8, 4) is 11.3 Å². The van der Waals surface area contributed by atoms with E-state index in [4.69, 9.17) is 12.7 Å². The molecule has 0 unspecified atom stereocenters. The Labute approximate surface area is 115 Å². The number of methoxy groups -OCH3 is 1. The number of ether oxygens (including phenoxy) is 1. The monoisotopic (exact) mass is 438 g/mol. The van der Waals surface area contributed by atoms with Gasteiger partial charge in [-0.2, -0.15) is 0 Å². The van der Waals surface area contributed by atoms with Crippen molar-refractivity contribution in [3.63, 3.8) is 0 Å². The molecule has 17 heavy (non-hydrogen) atoms. The SMILES string of the molecule is COC(=O)c1oc(-c2ccccc2)c[c]1[Hg][Cl]. The average Bonchev–Trinajstić information content (AvgIpc) is 2.83. The van der Waals surface area contributed by atoms with E-state index in [0.717, 1.165) is 8.64 Å². The van der Waals surface area contributed by atoms with Crippen molar-refractivity contribution in [1.82, 2.24) is 0 Å². The van der Waals surface area contributed by atoms with Gasteiger partial charge in [0.15, 0.2) is 0 Å². The molecule has 84 valence electrons. The van der Waals surface area contributed by atoms with E-state index >= 15 is 0 Å². The van der Waals surface area contributed by atoms with Gasteiger partial charge in [-0.05, 0) is 0 Å². The van der Waals surface area contributed by atoms with Crippen LogP contribution in [0.4, 0.5) is 0 Å². The fourth-order valence-electron chi connectivity index (χ4n) is 1.54. The normalized spacial score (nSPS) is 9.76. The summed E-state index contributed by atoms with van der Waals surface area (Å²) in [4.78, 5) is 11.5. The summed E-state index contributed by atoms with van der Waals surface area (Å²) < 4.78 is 11.1. The number of rotatable bonds is 3. The second-order valence-corrected chi connectivity index (χ2v) is 9.80. The molecule has 0 amide bonds. The molecule has 0 aliphatic carbocycles. The Morgan fingerprint density at radius 1 is 1.35 bits per heavy atom. The van der Waals surface area contributed by atoms with E-state index in [1.54, 1.807) is 0 Å². The average molecular weight is 437 g/mol. The Bertz CT molecular complexity index is 522. The fraction of sp³-hybridized carbons (Fsp3) is 0.0833. The van der Waals surface area contributed by atoms with Gasteiger partial charge in [0.05, 0.1) is 0 Å². The van der Waals surface area contributed by atoms with Gasteiger partial charge >= 0.3 is 115 Å². The number of hydrogen-bond acceptors (Lipinski definition) is 3. The standard InChI is InChI=1S/C12H9O3.ClH.Hg/c1-14-12(13)11-8-7-10(15-11)9-5-3-2-4-6-9;;/h2-7H,1H3;1H;/q;;+1/p-1. The first-order chi connectivity index (χ1) is 8.26. The predicted octanol–water partition coefficient (Wildman–Crippen LogP) is 2.59. The van der Waals surface area contributed by atoms with Crippen LogP contribution in [-0.2, 0) is 28.1 Å². The Morgan fingerprint density at radius 3 is 2.65 bits per heavy atom. The van der Waals surface area contributed by atoms with E-state index in [-0.39, 0.29) is 5.76 Å². The number of carbonyl (C=O) groups is 1. The summed E-state index contributed by atoms with van der Waals surface area (Å²) in [7, 11) is 7.32. The molecule has 0 spiro atoms. The molecule has 0 aliphatic rings. The first-order valence-electron chi connectivity index (χ1n) is 5.08. The van der Waals surface area contributed by atoms with Gasteiger partial charge in [-0.1, -0.05) is 0 Å². The van der Waals surface area contributed by atoms with E-state index < -0.39 is 29.3 Å². The van der Waals surface area contributed by atoms with Crippen LogP contribution in [0.1, 0.15) is 10.6 Å². The summed E-state index contributed by atoms with van der Waals surface area (Å²) in [6.45, 7) is 0. The van der Waals surface area contributed by atoms with Gasteiger partial charge < -0.3 is 0 Å². The van der Waals surface area contributed by atoms with E-state index in [1.165, 1.54) is 7.11 Å². The number of halogens is 1. The van der Waals surface area contributed by atoms with E-state index in [2.05, 4.69) is 4.74 Å². The van der Waals surface area contributed by atoms with Crippen LogP contribution >= 0.6 is 8.25 Å². The third kappa shape index (κ3) is 2.72. The molecular formula is C12H9ClHgO3. The van der Waals surface area contributed by atoms with Crippen molar-refractivity contribution in [3.05, 3.63) is 42.2 Å². The molecule has 0 atom stereocenters. The van der Waals surface area contributed by atoms with Crippen LogP contribution in [0, 0.1) is 0 Å². The number of esters is 1. The fourth-order valence-corrected chi connectivity index (χ4v) is 5.61.